The second kappa shape index (κ2) is 5.26. The Balaban J connectivity index is 1.59. The van der Waals surface area contributed by atoms with Crippen LogP contribution in [0.2, 0.25) is 0 Å². The van der Waals surface area contributed by atoms with Crippen LogP contribution in [0.3, 0.4) is 0 Å². The molecule has 0 aliphatic heterocycles. The predicted molar refractivity (Wildman–Crippen MR) is 80.5 cm³/mol. The molecule has 21 heavy (non-hydrogen) atoms. The molecule has 0 bridgehead atoms. The number of thiophene rings is 1. The van der Waals surface area contributed by atoms with Crippen LogP contribution in [0.15, 0.2) is 16.5 Å². The number of amides is 1. The first-order chi connectivity index (χ1) is 9.93. The molecule has 0 saturated heterocycles. The zero-order valence-electron chi connectivity index (χ0n) is 12.5. The summed E-state index contributed by atoms with van der Waals surface area (Å²) in [5.41, 5.74) is 0.0643. The van der Waals surface area contributed by atoms with Crippen LogP contribution in [0.1, 0.15) is 65.9 Å². The highest BCUT2D eigenvalue weighted by Gasteiger charge is 2.29. The Hall–Kier alpha value is -1.69. The summed E-state index contributed by atoms with van der Waals surface area (Å²) in [6.07, 6.45) is 2.25. The molecule has 1 fully saturated rings. The third-order valence-electron chi connectivity index (χ3n) is 3.38. The van der Waals surface area contributed by atoms with Gasteiger partial charge in [-0.2, -0.15) is 0 Å². The van der Waals surface area contributed by atoms with E-state index >= 15 is 0 Å². The van der Waals surface area contributed by atoms with E-state index < -0.39 is 0 Å². The minimum Gasteiger partial charge on any atom is -0.423 e. The average Bonchev–Trinajstić information content (AvgIpc) is 2.97. The van der Waals surface area contributed by atoms with Gasteiger partial charge in [-0.1, -0.05) is 20.8 Å². The third-order valence-corrected chi connectivity index (χ3v) is 4.89. The third kappa shape index (κ3) is 3.32. The van der Waals surface area contributed by atoms with Gasteiger partial charge in [-0.05, 0) is 30.4 Å². The zero-order valence-corrected chi connectivity index (χ0v) is 13.3. The number of aromatic nitrogens is 2. The maximum Gasteiger partial charge on any atom is 0.261 e. The Kier molecular flexibility index (Phi) is 3.57. The molecule has 2 heterocycles. The second-order valence-corrected chi connectivity index (χ2v) is 7.49. The van der Waals surface area contributed by atoms with Crippen LogP contribution in [0.5, 0.6) is 0 Å². The van der Waals surface area contributed by atoms with Crippen LogP contribution in [-0.2, 0) is 12.0 Å². The van der Waals surface area contributed by atoms with E-state index in [9.17, 15) is 4.79 Å². The fourth-order valence-electron chi connectivity index (χ4n) is 1.94. The lowest BCUT2D eigenvalue weighted by Gasteiger charge is -2.15. The number of carbonyl (C=O) groups excluding carboxylic acids is 1. The Bertz CT molecular complexity index is 650. The Morgan fingerprint density at radius 1 is 1.38 bits per heavy atom. The molecule has 1 aliphatic rings. The summed E-state index contributed by atoms with van der Waals surface area (Å²) >= 11 is 1.52. The summed E-state index contributed by atoms with van der Waals surface area (Å²) in [4.78, 5) is 14.0. The molecule has 112 valence electrons. The first kappa shape index (κ1) is 14.3. The smallest absolute Gasteiger partial charge is 0.261 e. The SMILES string of the molecule is CC(C)(C)c1ccc(C(=O)NCc2nnc(C3CC3)o2)s1. The van der Waals surface area contributed by atoms with E-state index in [0.717, 1.165) is 12.8 Å². The summed E-state index contributed by atoms with van der Waals surface area (Å²) in [5, 5.41) is 10.8. The van der Waals surface area contributed by atoms with E-state index in [1.165, 1.54) is 16.2 Å². The number of nitrogens with zero attached hydrogens (tertiary/aromatic N) is 2. The maximum atomic E-state index is 12.1. The van der Waals surface area contributed by atoms with Crippen LogP contribution in [0, 0.1) is 0 Å². The first-order valence-corrected chi connectivity index (χ1v) is 7.96. The molecule has 0 atom stereocenters. The molecular formula is C15H19N3O2S. The van der Waals surface area contributed by atoms with Gasteiger partial charge in [0.15, 0.2) is 0 Å². The normalized spacial score (nSPS) is 15.2. The fraction of sp³-hybridized carbons (Fsp3) is 0.533. The molecule has 3 rings (SSSR count). The zero-order chi connectivity index (χ0) is 15.0. The molecule has 6 heteroatoms. The molecular weight excluding hydrogens is 286 g/mol. The molecule has 0 aromatic carbocycles. The summed E-state index contributed by atoms with van der Waals surface area (Å²) in [5.74, 6) is 1.51. The van der Waals surface area contributed by atoms with Crippen LogP contribution >= 0.6 is 11.3 Å². The molecule has 1 aliphatic carbocycles. The van der Waals surface area contributed by atoms with Crippen molar-refractivity contribution in [1.82, 2.24) is 15.5 Å². The van der Waals surface area contributed by atoms with Gasteiger partial charge in [0, 0.05) is 10.8 Å². The summed E-state index contributed by atoms with van der Waals surface area (Å²) in [6, 6.07) is 3.88. The van der Waals surface area contributed by atoms with Crippen molar-refractivity contribution in [2.24, 2.45) is 0 Å². The molecule has 0 spiro atoms. The molecule has 1 amide bonds. The summed E-state index contributed by atoms with van der Waals surface area (Å²) in [6.45, 7) is 6.69. The molecule has 2 aromatic heterocycles. The molecule has 0 unspecified atom stereocenters. The number of hydrogen-bond donors (Lipinski definition) is 1. The molecule has 2 aromatic rings. The highest BCUT2D eigenvalue weighted by Crippen LogP contribution is 2.39. The van der Waals surface area contributed by atoms with Gasteiger partial charge in [0.25, 0.3) is 5.91 Å². The van der Waals surface area contributed by atoms with Crippen LogP contribution in [-0.4, -0.2) is 16.1 Å². The lowest BCUT2D eigenvalue weighted by Crippen LogP contribution is -2.22. The number of rotatable bonds is 4. The molecule has 1 N–H and O–H groups in total. The van der Waals surface area contributed by atoms with Gasteiger partial charge in [-0.15, -0.1) is 21.5 Å². The lowest BCUT2D eigenvalue weighted by molar-refractivity contribution is 0.0951. The van der Waals surface area contributed by atoms with Crippen LogP contribution in [0.4, 0.5) is 0 Å². The van der Waals surface area contributed by atoms with Crippen molar-refractivity contribution in [2.75, 3.05) is 0 Å². The minimum absolute atomic E-state index is 0.0643. The van der Waals surface area contributed by atoms with Gasteiger partial charge in [-0.3, -0.25) is 4.79 Å². The number of carbonyl (C=O) groups is 1. The van der Waals surface area contributed by atoms with Crippen molar-refractivity contribution >= 4 is 17.2 Å². The van der Waals surface area contributed by atoms with Crippen molar-refractivity contribution in [2.45, 2.75) is 51.5 Å². The van der Waals surface area contributed by atoms with E-state index in [0.29, 0.717) is 22.6 Å². The first-order valence-electron chi connectivity index (χ1n) is 7.14. The van der Waals surface area contributed by atoms with Gasteiger partial charge >= 0.3 is 0 Å². The monoisotopic (exact) mass is 305 g/mol. The topological polar surface area (TPSA) is 68.0 Å². The van der Waals surface area contributed by atoms with Gasteiger partial charge in [0.2, 0.25) is 11.8 Å². The van der Waals surface area contributed by atoms with Gasteiger partial charge in [-0.25, -0.2) is 0 Å². The van der Waals surface area contributed by atoms with Crippen molar-refractivity contribution in [3.05, 3.63) is 33.7 Å². The molecule has 1 saturated carbocycles. The van der Waals surface area contributed by atoms with Crippen LogP contribution in [0.25, 0.3) is 0 Å². The van der Waals surface area contributed by atoms with Gasteiger partial charge in [0.1, 0.15) is 0 Å². The fourth-order valence-corrected chi connectivity index (χ4v) is 2.92. The van der Waals surface area contributed by atoms with Crippen molar-refractivity contribution < 1.29 is 9.21 Å². The van der Waals surface area contributed by atoms with Crippen LogP contribution < -0.4 is 5.32 Å². The Labute approximate surface area is 127 Å². The highest BCUT2D eigenvalue weighted by atomic mass is 32.1. The quantitative estimate of drug-likeness (QED) is 0.941. The Morgan fingerprint density at radius 2 is 2.14 bits per heavy atom. The average molecular weight is 305 g/mol. The molecule has 5 nitrogen and oxygen atoms in total. The van der Waals surface area contributed by atoms with Crippen molar-refractivity contribution in [3.63, 3.8) is 0 Å². The van der Waals surface area contributed by atoms with E-state index in [-0.39, 0.29) is 17.9 Å². The van der Waals surface area contributed by atoms with E-state index in [1.54, 1.807) is 0 Å². The standard InChI is InChI=1S/C15H19N3O2S/c1-15(2,3)11-7-6-10(21-11)13(19)16-8-12-17-18-14(20-12)9-4-5-9/h6-7,9H,4-5,8H2,1-3H3,(H,16,19). The van der Waals surface area contributed by atoms with E-state index in [1.807, 2.05) is 12.1 Å². The van der Waals surface area contributed by atoms with Gasteiger partial charge in [0.05, 0.1) is 11.4 Å². The second-order valence-electron chi connectivity index (χ2n) is 6.40. The number of nitrogens with one attached hydrogen (secondary N) is 1. The van der Waals surface area contributed by atoms with E-state index in [4.69, 9.17) is 4.42 Å². The Morgan fingerprint density at radius 3 is 2.76 bits per heavy atom. The molecule has 0 radical (unpaired) electrons. The summed E-state index contributed by atoms with van der Waals surface area (Å²) < 4.78 is 5.52. The predicted octanol–water partition coefficient (Wildman–Crippen LogP) is 3.24. The maximum absolute atomic E-state index is 12.1. The number of hydrogen-bond acceptors (Lipinski definition) is 5. The lowest BCUT2D eigenvalue weighted by atomic mass is 9.95. The minimum atomic E-state index is -0.0957. The van der Waals surface area contributed by atoms with Crippen molar-refractivity contribution in [1.29, 1.82) is 0 Å². The summed E-state index contributed by atoms with van der Waals surface area (Å²) in [7, 11) is 0. The highest BCUT2D eigenvalue weighted by molar-refractivity contribution is 7.14. The van der Waals surface area contributed by atoms with Gasteiger partial charge < -0.3 is 9.73 Å². The van der Waals surface area contributed by atoms with Crippen molar-refractivity contribution in [3.8, 4) is 0 Å². The largest absolute Gasteiger partial charge is 0.423 e. The van der Waals surface area contributed by atoms with E-state index in [2.05, 4.69) is 36.3 Å².